The average molecular weight is 315 g/mol. The molecule has 0 bridgehead atoms. The van der Waals surface area contributed by atoms with Crippen LogP contribution in [0.3, 0.4) is 0 Å². The molecule has 0 aliphatic heterocycles. The molecule has 0 heterocycles. The van der Waals surface area contributed by atoms with Crippen molar-refractivity contribution in [2.24, 2.45) is 11.8 Å². The van der Waals surface area contributed by atoms with Crippen LogP contribution in [0.15, 0.2) is 16.6 Å². The van der Waals surface area contributed by atoms with Crippen LogP contribution in [0.4, 0.5) is 0 Å². The number of methoxy groups -OCH3 is 2. The van der Waals surface area contributed by atoms with Gasteiger partial charge in [0.2, 0.25) is 0 Å². The molecule has 1 aliphatic carbocycles. The topological polar surface area (TPSA) is 38.7 Å². The average Bonchev–Trinajstić information content (AvgIpc) is 3.20. The zero-order valence-corrected chi connectivity index (χ0v) is 12.5. The monoisotopic (exact) mass is 314 g/mol. The number of aliphatic hydroxyl groups excluding tert-OH is 1. The van der Waals surface area contributed by atoms with E-state index in [-0.39, 0.29) is 5.92 Å². The Morgan fingerprint density at radius 3 is 2.44 bits per heavy atom. The number of hydrogen-bond donors (Lipinski definition) is 1. The number of ether oxygens (including phenoxy) is 2. The molecule has 0 saturated heterocycles. The van der Waals surface area contributed by atoms with Crippen molar-refractivity contribution in [2.45, 2.75) is 25.9 Å². The Hall–Kier alpha value is -0.740. The number of halogens is 1. The minimum atomic E-state index is -0.491. The van der Waals surface area contributed by atoms with Crippen LogP contribution in [0.25, 0.3) is 0 Å². The lowest BCUT2D eigenvalue weighted by Gasteiger charge is -2.22. The van der Waals surface area contributed by atoms with Crippen molar-refractivity contribution < 1.29 is 14.6 Å². The lowest BCUT2D eigenvalue weighted by Crippen LogP contribution is -2.12. The lowest BCUT2D eigenvalue weighted by molar-refractivity contribution is 0.103. The molecule has 1 aromatic rings. The van der Waals surface area contributed by atoms with Gasteiger partial charge in [-0.15, -0.1) is 0 Å². The minimum absolute atomic E-state index is 0.263. The summed E-state index contributed by atoms with van der Waals surface area (Å²) >= 11 is 3.46. The molecule has 100 valence electrons. The molecule has 2 unspecified atom stereocenters. The predicted molar refractivity (Wildman–Crippen MR) is 74.1 cm³/mol. The lowest BCUT2D eigenvalue weighted by atomic mass is 9.92. The summed E-state index contributed by atoms with van der Waals surface area (Å²) < 4.78 is 11.4. The highest BCUT2D eigenvalue weighted by Crippen LogP contribution is 2.47. The Bertz CT molecular complexity index is 429. The molecule has 1 fully saturated rings. The zero-order chi connectivity index (χ0) is 13.3. The van der Waals surface area contributed by atoms with Crippen LogP contribution < -0.4 is 9.47 Å². The van der Waals surface area contributed by atoms with Crippen LogP contribution in [-0.2, 0) is 0 Å². The molecule has 1 aliphatic rings. The minimum Gasteiger partial charge on any atom is -0.495 e. The second-order valence-corrected chi connectivity index (χ2v) is 5.64. The third-order valence-corrected chi connectivity index (χ3v) is 4.45. The van der Waals surface area contributed by atoms with E-state index in [1.807, 2.05) is 12.1 Å². The van der Waals surface area contributed by atoms with E-state index in [1.54, 1.807) is 14.2 Å². The second kappa shape index (κ2) is 5.49. The first-order chi connectivity index (χ1) is 8.60. The Morgan fingerprint density at radius 1 is 1.28 bits per heavy atom. The number of hydrogen-bond acceptors (Lipinski definition) is 3. The van der Waals surface area contributed by atoms with Crippen molar-refractivity contribution in [3.8, 4) is 11.5 Å². The Kier molecular flexibility index (Phi) is 4.17. The predicted octanol–water partition coefficient (Wildman–Crippen LogP) is 3.55. The summed E-state index contributed by atoms with van der Waals surface area (Å²) in [6, 6.07) is 3.73. The van der Waals surface area contributed by atoms with E-state index in [9.17, 15) is 5.11 Å². The van der Waals surface area contributed by atoms with Gasteiger partial charge in [0.1, 0.15) is 16.0 Å². The van der Waals surface area contributed by atoms with Crippen molar-refractivity contribution in [3.05, 3.63) is 22.2 Å². The van der Waals surface area contributed by atoms with E-state index in [0.29, 0.717) is 17.4 Å². The van der Waals surface area contributed by atoms with Gasteiger partial charge >= 0.3 is 0 Å². The van der Waals surface area contributed by atoms with E-state index in [2.05, 4.69) is 22.9 Å². The fraction of sp³-hybridized carbons (Fsp3) is 0.571. The van der Waals surface area contributed by atoms with Gasteiger partial charge in [-0.2, -0.15) is 0 Å². The van der Waals surface area contributed by atoms with Crippen LogP contribution in [0, 0.1) is 11.8 Å². The maximum atomic E-state index is 10.5. The van der Waals surface area contributed by atoms with Crippen LogP contribution in [0.1, 0.15) is 31.4 Å². The van der Waals surface area contributed by atoms with Crippen molar-refractivity contribution >= 4 is 15.9 Å². The molecule has 18 heavy (non-hydrogen) atoms. The molecule has 4 heteroatoms. The van der Waals surface area contributed by atoms with Crippen LogP contribution >= 0.6 is 15.9 Å². The van der Waals surface area contributed by atoms with Gasteiger partial charge in [-0.1, -0.05) is 6.92 Å². The molecule has 0 amide bonds. The van der Waals surface area contributed by atoms with E-state index < -0.39 is 6.10 Å². The highest BCUT2D eigenvalue weighted by molar-refractivity contribution is 9.10. The van der Waals surface area contributed by atoms with E-state index >= 15 is 0 Å². The molecule has 1 N–H and O–H groups in total. The largest absolute Gasteiger partial charge is 0.495 e. The molecule has 1 saturated carbocycles. The summed E-state index contributed by atoms with van der Waals surface area (Å²) in [7, 11) is 3.22. The summed E-state index contributed by atoms with van der Waals surface area (Å²) in [5, 5.41) is 10.5. The van der Waals surface area contributed by atoms with Gasteiger partial charge in [-0.3, -0.25) is 0 Å². The summed E-state index contributed by atoms with van der Waals surface area (Å²) in [4.78, 5) is 0. The van der Waals surface area contributed by atoms with Gasteiger partial charge in [-0.05, 0) is 52.7 Å². The van der Waals surface area contributed by atoms with Crippen LogP contribution in [-0.4, -0.2) is 19.3 Å². The summed E-state index contributed by atoms with van der Waals surface area (Å²) in [6.07, 6.45) is 1.95. The molecule has 0 radical (unpaired) electrons. The Labute approximate surface area is 116 Å². The first kappa shape index (κ1) is 13.7. The smallest absolute Gasteiger partial charge is 0.142 e. The van der Waals surface area contributed by atoms with Gasteiger partial charge in [0.25, 0.3) is 0 Å². The van der Waals surface area contributed by atoms with Crippen molar-refractivity contribution in [2.75, 3.05) is 14.2 Å². The van der Waals surface area contributed by atoms with E-state index in [4.69, 9.17) is 9.47 Å². The molecule has 3 nitrogen and oxygen atoms in total. The summed E-state index contributed by atoms with van der Waals surface area (Å²) in [6.45, 7) is 2.10. The van der Waals surface area contributed by atoms with Gasteiger partial charge in [0, 0.05) is 5.56 Å². The first-order valence-corrected chi connectivity index (χ1v) is 6.97. The highest BCUT2D eigenvalue weighted by Gasteiger charge is 2.34. The third kappa shape index (κ3) is 2.50. The quantitative estimate of drug-likeness (QED) is 0.903. The summed E-state index contributed by atoms with van der Waals surface area (Å²) in [5.74, 6) is 2.28. The Balaban J connectivity index is 2.34. The number of benzene rings is 1. The van der Waals surface area contributed by atoms with E-state index in [1.165, 1.54) is 12.8 Å². The van der Waals surface area contributed by atoms with Gasteiger partial charge in [0.15, 0.2) is 0 Å². The maximum absolute atomic E-state index is 10.5. The SMILES string of the molecule is COc1ccc(C(O)C(C)C2CC2)c(OC)c1Br. The Morgan fingerprint density at radius 2 is 1.94 bits per heavy atom. The van der Waals surface area contributed by atoms with Crippen LogP contribution in [0.5, 0.6) is 11.5 Å². The third-order valence-electron chi connectivity index (χ3n) is 3.70. The highest BCUT2D eigenvalue weighted by atomic mass is 79.9. The van der Waals surface area contributed by atoms with Gasteiger partial charge in [0.05, 0.1) is 20.3 Å². The number of aliphatic hydroxyl groups is 1. The molecule has 0 spiro atoms. The molecule has 2 rings (SSSR count). The van der Waals surface area contributed by atoms with Gasteiger partial charge < -0.3 is 14.6 Å². The second-order valence-electron chi connectivity index (χ2n) is 4.85. The van der Waals surface area contributed by atoms with E-state index in [0.717, 1.165) is 10.0 Å². The fourth-order valence-corrected chi connectivity index (χ4v) is 3.00. The van der Waals surface area contributed by atoms with Gasteiger partial charge in [-0.25, -0.2) is 0 Å². The standard InChI is InChI=1S/C14H19BrO3/c1-8(9-4-5-9)13(16)10-6-7-11(17-2)12(15)14(10)18-3/h6-9,13,16H,4-5H2,1-3H3. The van der Waals surface area contributed by atoms with Crippen molar-refractivity contribution in [1.82, 2.24) is 0 Å². The zero-order valence-electron chi connectivity index (χ0n) is 10.9. The van der Waals surface area contributed by atoms with Crippen molar-refractivity contribution in [3.63, 3.8) is 0 Å². The molecular weight excluding hydrogens is 296 g/mol. The molecule has 2 atom stereocenters. The maximum Gasteiger partial charge on any atom is 0.142 e. The molecular formula is C14H19BrO3. The van der Waals surface area contributed by atoms with Crippen LogP contribution in [0.2, 0.25) is 0 Å². The fourth-order valence-electron chi connectivity index (χ4n) is 2.31. The summed E-state index contributed by atoms with van der Waals surface area (Å²) in [5.41, 5.74) is 0.824. The van der Waals surface area contributed by atoms with Crippen molar-refractivity contribution in [1.29, 1.82) is 0 Å². The number of rotatable bonds is 5. The first-order valence-electron chi connectivity index (χ1n) is 6.18. The molecule has 1 aromatic carbocycles. The molecule has 0 aromatic heterocycles. The normalized spacial score (nSPS) is 18.3.